The fourth-order valence-corrected chi connectivity index (χ4v) is 4.77. The van der Waals surface area contributed by atoms with E-state index in [0.29, 0.717) is 6.61 Å². The molecule has 1 saturated carbocycles. The fraction of sp³-hybridized carbons (Fsp3) is 0.458. The Bertz CT molecular complexity index is 893. The molecule has 0 spiro atoms. The van der Waals surface area contributed by atoms with Gasteiger partial charge in [-0.1, -0.05) is 43.2 Å². The highest BCUT2D eigenvalue weighted by Gasteiger charge is 2.44. The summed E-state index contributed by atoms with van der Waals surface area (Å²) in [6.07, 6.45) is 3.40. The Morgan fingerprint density at radius 3 is 2.19 bits per heavy atom. The van der Waals surface area contributed by atoms with E-state index in [1.165, 1.54) is 17.8 Å². The van der Waals surface area contributed by atoms with Crippen molar-refractivity contribution in [2.75, 3.05) is 44.2 Å². The van der Waals surface area contributed by atoms with E-state index in [4.69, 9.17) is 4.74 Å². The number of nitro benzene ring substituents is 1. The van der Waals surface area contributed by atoms with Gasteiger partial charge in [0.05, 0.1) is 10.3 Å². The zero-order chi connectivity index (χ0) is 21.7. The molecule has 0 radical (unpaired) electrons. The predicted octanol–water partition coefficient (Wildman–Crippen LogP) is 4.19. The second-order valence-electron chi connectivity index (χ2n) is 8.39. The molecule has 0 amide bonds. The molecule has 4 rings (SSSR count). The number of halogens is 1. The maximum absolute atomic E-state index is 13.1. The Morgan fingerprint density at radius 2 is 1.59 bits per heavy atom. The summed E-state index contributed by atoms with van der Waals surface area (Å²) in [5.41, 5.74) is 1.46. The lowest BCUT2D eigenvalue weighted by atomic mass is 9.79. The molecule has 1 saturated heterocycles. The third-order valence-electron chi connectivity index (χ3n) is 6.61. The summed E-state index contributed by atoms with van der Waals surface area (Å²) in [6, 6.07) is 16.8. The minimum absolute atomic E-state index is 0. The van der Waals surface area contributed by atoms with Crippen LogP contribution < -0.4 is 4.90 Å². The number of hydrogen-bond acceptors (Lipinski definition) is 6. The minimum Gasteiger partial charge on any atom is -0.464 e. The van der Waals surface area contributed by atoms with Gasteiger partial charge in [-0.3, -0.25) is 19.8 Å². The Hall–Kier alpha value is -2.64. The lowest BCUT2D eigenvalue weighted by Crippen LogP contribution is -2.47. The van der Waals surface area contributed by atoms with E-state index in [0.717, 1.165) is 64.0 Å². The average molecular weight is 460 g/mol. The first-order chi connectivity index (χ1) is 15.1. The number of piperazine rings is 1. The van der Waals surface area contributed by atoms with Gasteiger partial charge >= 0.3 is 5.97 Å². The van der Waals surface area contributed by atoms with Crippen molar-refractivity contribution < 1.29 is 14.5 Å². The van der Waals surface area contributed by atoms with E-state index < -0.39 is 10.3 Å². The van der Waals surface area contributed by atoms with Crippen LogP contribution in [0.3, 0.4) is 0 Å². The second kappa shape index (κ2) is 10.8. The van der Waals surface area contributed by atoms with Crippen LogP contribution in [0.4, 0.5) is 11.4 Å². The zero-order valence-electron chi connectivity index (χ0n) is 18.2. The van der Waals surface area contributed by atoms with Crippen LogP contribution in [0.25, 0.3) is 0 Å². The number of carbonyl (C=O) groups is 1. The van der Waals surface area contributed by atoms with Crippen LogP contribution in [0, 0.1) is 10.1 Å². The molecule has 2 aromatic rings. The number of nitro groups is 1. The number of nitrogens with zero attached hydrogens (tertiary/aromatic N) is 3. The molecule has 8 heteroatoms. The van der Waals surface area contributed by atoms with Gasteiger partial charge in [-0.15, -0.1) is 12.4 Å². The summed E-state index contributed by atoms with van der Waals surface area (Å²) in [7, 11) is 0. The van der Waals surface area contributed by atoms with Gasteiger partial charge in [-0.25, -0.2) is 0 Å². The van der Waals surface area contributed by atoms with Gasteiger partial charge in [0.1, 0.15) is 6.61 Å². The van der Waals surface area contributed by atoms with Crippen LogP contribution in [-0.4, -0.2) is 55.1 Å². The molecule has 7 nitrogen and oxygen atoms in total. The molecule has 1 aliphatic heterocycles. The highest BCUT2D eigenvalue weighted by Crippen LogP contribution is 2.42. The van der Waals surface area contributed by atoms with Crippen LogP contribution >= 0.6 is 12.4 Å². The van der Waals surface area contributed by atoms with Crippen molar-refractivity contribution in [2.24, 2.45) is 0 Å². The summed E-state index contributed by atoms with van der Waals surface area (Å²) in [5.74, 6) is -0.193. The predicted molar refractivity (Wildman–Crippen MR) is 127 cm³/mol. The first kappa shape index (κ1) is 24.0. The molecule has 2 fully saturated rings. The molecular formula is C24H30ClN3O4. The maximum atomic E-state index is 13.1. The number of non-ortho nitro benzene ring substituents is 1. The Morgan fingerprint density at radius 1 is 0.969 bits per heavy atom. The third kappa shape index (κ3) is 5.22. The molecule has 32 heavy (non-hydrogen) atoms. The van der Waals surface area contributed by atoms with Crippen LogP contribution in [0.5, 0.6) is 0 Å². The van der Waals surface area contributed by atoms with E-state index in [9.17, 15) is 14.9 Å². The summed E-state index contributed by atoms with van der Waals surface area (Å²) in [6.45, 7) is 4.92. The summed E-state index contributed by atoms with van der Waals surface area (Å²) >= 11 is 0. The smallest absolute Gasteiger partial charge is 0.316 e. The Balaban J connectivity index is 0.00000289. The van der Waals surface area contributed by atoms with Crippen molar-refractivity contribution >= 4 is 29.8 Å². The third-order valence-corrected chi connectivity index (χ3v) is 6.61. The molecule has 0 aromatic heterocycles. The van der Waals surface area contributed by atoms with E-state index in [1.807, 2.05) is 6.07 Å². The van der Waals surface area contributed by atoms with E-state index in [1.54, 1.807) is 12.1 Å². The van der Waals surface area contributed by atoms with Gasteiger partial charge < -0.3 is 9.64 Å². The summed E-state index contributed by atoms with van der Waals surface area (Å²) < 4.78 is 5.75. The monoisotopic (exact) mass is 459 g/mol. The summed E-state index contributed by atoms with van der Waals surface area (Å²) in [4.78, 5) is 28.3. The average Bonchev–Trinajstić information content (AvgIpc) is 3.31. The van der Waals surface area contributed by atoms with Gasteiger partial charge in [0.15, 0.2) is 0 Å². The van der Waals surface area contributed by atoms with E-state index >= 15 is 0 Å². The molecule has 2 aromatic carbocycles. The number of hydrogen-bond donors (Lipinski definition) is 0. The van der Waals surface area contributed by atoms with Crippen LogP contribution in [-0.2, 0) is 14.9 Å². The van der Waals surface area contributed by atoms with Gasteiger partial charge in [0.2, 0.25) is 0 Å². The Labute approximate surface area is 194 Å². The zero-order valence-corrected chi connectivity index (χ0v) is 19.0. The lowest BCUT2D eigenvalue weighted by molar-refractivity contribution is -0.384. The molecule has 0 bridgehead atoms. The van der Waals surface area contributed by atoms with Gasteiger partial charge in [-0.2, -0.15) is 0 Å². The molecule has 1 heterocycles. The van der Waals surface area contributed by atoms with Crippen molar-refractivity contribution in [1.82, 2.24) is 4.90 Å². The van der Waals surface area contributed by atoms with Crippen molar-refractivity contribution in [1.29, 1.82) is 0 Å². The standard InChI is InChI=1S/C24H29N3O4.ClH/c28-23(24(12-4-5-13-24)20-8-10-22(11-9-20)27(29)30)31-19-18-25-14-16-26(17-15-25)21-6-2-1-3-7-21;/h1-3,6-11H,4-5,12-19H2;1H. The highest BCUT2D eigenvalue weighted by atomic mass is 35.5. The lowest BCUT2D eigenvalue weighted by Gasteiger charge is -2.36. The molecule has 2 aliphatic rings. The number of para-hydroxylation sites is 1. The number of ether oxygens (including phenoxy) is 1. The second-order valence-corrected chi connectivity index (χ2v) is 8.39. The van der Waals surface area contributed by atoms with Crippen molar-refractivity contribution in [2.45, 2.75) is 31.1 Å². The van der Waals surface area contributed by atoms with Crippen molar-refractivity contribution in [3.8, 4) is 0 Å². The van der Waals surface area contributed by atoms with Crippen LogP contribution in [0.2, 0.25) is 0 Å². The van der Waals surface area contributed by atoms with Crippen LogP contribution in [0.15, 0.2) is 54.6 Å². The van der Waals surface area contributed by atoms with Gasteiger partial charge in [0, 0.05) is 50.5 Å². The largest absolute Gasteiger partial charge is 0.464 e. The van der Waals surface area contributed by atoms with Gasteiger partial charge in [0.25, 0.3) is 5.69 Å². The molecule has 172 valence electrons. The quantitative estimate of drug-likeness (QED) is 0.351. The minimum atomic E-state index is -0.666. The SMILES string of the molecule is Cl.O=C(OCCN1CCN(c2ccccc2)CC1)C1(c2ccc([N+](=O)[O-])cc2)CCCC1. The molecule has 1 aliphatic carbocycles. The van der Waals surface area contributed by atoms with Crippen LogP contribution in [0.1, 0.15) is 31.2 Å². The molecule has 0 unspecified atom stereocenters. The van der Waals surface area contributed by atoms with E-state index in [2.05, 4.69) is 34.1 Å². The molecule has 0 atom stereocenters. The number of carbonyl (C=O) groups excluding carboxylic acids is 1. The topological polar surface area (TPSA) is 75.9 Å². The number of benzene rings is 2. The van der Waals surface area contributed by atoms with Crippen molar-refractivity contribution in [3.63, 3.8) is 0 Å². The normalized spacial score (nSPS) is 18.1. The Kier molecular flexibility index (Phi) is 8.10. The number of esters is 1. The number of anilines is 1. The highest BCUT2D eigenvalue weighted by molar-refractivity contribution is 5.85. The maximum Gasteiger partial charge on any atom is 0.316 e. The first-order valence-electron chi connectivity index (χ1n) is 11.0. The molecular weight excluding hydrogens is 430 g/mol. The first-order valence-corrected chi connectivity index (χ1v) is 11.0. The van der Waals surface area contributed by atoms with E-state index in [-0.39, 0.29) is 24.1 Å². The molecule has 0 N–H and O–H groups in total. The summed E-state index contributed by atoms with van der Waals surface area (Å²) in [5, 5.41) is 10.9. The van der Waals surface area contributed by atoms with Gasteiger partial charge in [-0.05, 0) is 30.5 Å². The number of rotatable bonds is 7. The van der Waals surface area contributed by atoms with Crippen molar-refractivity contribution in [3.05, 3.63) is 70.3 Å². The fourth-order valence-electron chi connectivity index (χ4n) is 4.77.